The average Bonchev–Trinajstić information content (AvgIpc) is 2.43. The molecule has 0 saturated carbocycles. The van der Waals surface area contributed by atoms with Crippen LogP contribution < -0.4 is 11.1 Å². The van der Waals surface area contributed by atoms with Gasteiger partial charge in [0.15, 0.2) is 0 Å². The van der Waals surface area contributed by atoms with Gasteiger partial charge < -0.3 is 20.7 Å². The molecule has 2 unspecified atom stereocenters. The van der Waals surface area contributed by atoms with E-state index in [2.05, 4.69) is 5.32 Å². The van der Waals surface area contributed by atoms with Crippen LogP contribution in [0.1, 0.15) is 19.3 Å². The standard InChI is InChI=1S/C12H23N3O3/c1-14-12(17)9-4-3-5-15(8-9)11(16)6-10(7-13)18-2/h9-10H,3-8,13H2,1-2H3,(H,14,17). The normalized spacial score (nSPS) is 21.5. The van der Waals surface area contributed by atoms with Gasteiger partial charge in [0.25, 0.3) is 0 Å². The van der Waals surface area contributed by atoms with E-state index in [0.29, 0.717) is 19.6 Å². The van der Waals surface area contributed by atoms with E-state index in [1.165, 1.54) is 0 Å². The molecule has 1 rings (SSSR count). The number of hydrogen-bond acceptors (Lipinski definition) is 4. The van der Waals surface area contributed by atoms with E-state index >= 15 is 0 Å². The first-order chi connectivity index (χ1) is 8.62. The Morgan fingerprint density at radius 2 is 2.28 bits per heavy atom. The molecule has 18 heavy (non-hydrogen) atoms. The van der Waals surface area contributed by atoms with Gasteiger partial charge in [0.2, 0.25) is 11.8 Å². The molecule has 1 heterocycles. The summed E-state index contributed by atoms with van der Waals surface area (Å²) in [4.78, 5) is 25.4. The van der Waals surface area contributed by atoms with Crippen LogP contribution in [0.2, 0.25) is 0 Å². The number of rotatable bonds is 5. The highest BCUT2D eigenvalue weighted by Crippen LogP contribution is 2.17. The van der Waals surface area contributed by atoms with Crippen molar-refractivity contribution >= 4 is 11.8 Å². The van der Waals surface area contributed by atoms with E-state index in [1.807, 2.05) is 0 Å². The van der Waals surface area contributed by atoms with Crippen LogP contribution in [-0.2, 0) is 14.3 Å². The lowest BCUT2D eigenvalue weighted by molar-refractivity contribution is -0.137. The molecule has 0 spiro atoms. The Morgan fingerprint density at radius 3 is 2.83 bits per heavy atom. The minimum Gasteiger partial charge on any atom is -0.380 e. The number of nitrogens with one attached hydrogen (secondary N) is 1. The molecule has 104 valence electrons. The van der Waals surface area contributed by atoms with E-state index in [0.717, 1.165) is 12.8 Å². The summed E-state index contributed by atoms with van der Waals surface area (Å²) in [6.07, 6.45) is 1.75. The van der Waals surface area contributed by atoms with Crippen molar-refractivity contribution < 1.29 is 14.3 Å². The van der Waals surface area contributed by atoms with Crippen molar-refractivity contribution in [3.63, 3.8) is 0 Å². The number of piperidine rings is 1. The van der Waals surface area contributed by atoms with Crippen molar-refractivity contribution in [1.29, 1.82) is 0 Å². The molecule has 0 bridgehead atoms. The van der Waals surface area contributed by atoms with E-state index in [1.54, 1.807) is 19.1 Å². The van der Waals surface area contributed by atoms with Gasteiger partial charge in [0.05, 0.1) is 18.4 Å². The molecule has 0 aromatic carbocycles. The Bertz CT molecular complexity index is 292. The fourth-order valence-electron chi connectivity index (χ4n) is 2.21. The zero-order valence-corrected chi connectivity index (χ0v) is 11.1. The van der Waals surface area contributed by atoms with Gasteiger partial charge in [0.1, 0.15) is 0 Å². The Labute approximate surface area is 108 Å². The van der Waals surface area contributed by atoms with E-state index in [9.17, 15) is 9.59 Å². The highest BCUT2D eigenvalue weighted by Gasteiger charge is 2.28. The molecule has 2 atom stereocenters. The Kier molecular flexibility index (Phi) is 6.07. The molecule has 6 heteroatoms. The molecule has 1 fully saturated rings. The van der Waals surface area contributed by atoms with Crippen LogP contribution in [0.3, 0.4) is 0 Å². The maximum Gasteiger partial charge on any atom is 0.225 e. The number of ether oxygens (including phenoxy) is 1. The lowest BCUT2D eigenvalue weighted by atomic mass is 9.97. The third kappa shape index (κ3) is 3.96. The lowest BCUT2D eigenvalue weighted by Crippen LogP contribution is -2.46. The van der Waals surface area contributed by atoms with E-state index in [-0.39, 0.29) is 30.3 Å². The summed E-state index contributed by atoms with van der Waals surface area (Å²) in [6, 6.07) is 0. The van der Waals surface area contributed by atoms with Crippen molar-refractivity contribution in [2.24, 2.45) is 11.7 Å². The van der Waals surface area contributed by atoms with Crippen molar-refractivity contribution in [3.8, 4) is 0 Å². The molecule has 1 aliphatic heterocycles. The van der Waals surface area contributed by atoms with Crippen LogP contribution in [-0.4, -0.2) is 56.6 Å². The van der Waals surface area contributed by atoms with Crippen molar-refractivity contribution in [2.75, 3.05) is 33.8 Å². The number of amides is 2. The predicted molar refractivity (Wildman–Crippen MR) is 67.8 cm³/mol. The highest BCUT2D eigenvalue weighted by atomic mass is 16.5. The first-order valence-corrected chi connectivity index (χ1v) is 6.34. The topological polar surface area (TPSA) is 84.7 Å². The summed E-state index contributed by atoms with van der Waals surface area (Å²) < 4.78 is 5.10. The molecular formula is C12H23N3O3. The van der Waals surface area contributed by atoms with Gasteiger partial charge in [-0.2, -0.15) is 0 Å². The van der Waals surface area contributed by atoms with Gasteiger partial charge in [-0.15, -0.1) is 0 Å². The highest BCUT2D eigenvalue weighted by molar-refractivity contribution is 5.81. The van der Waals surface area contributed by atoms with Crippen molar-refractivity contribution in [3.05, 3.63) is 0 Å². The minimum atomic E-state index is -0.238. The van der Waals surface area contributed by atoms with Crippen LogP contribution in [0.15, 0.2) is 0 Å². The largest absolute Gasteiger partial charge is 0.380 e. The zero-order chi connectivity index (χ0) is 13.5. The van der Waals surface area contributed by atoms with Crippen molar-refractivity contribution in [1.82, 2.24) is 10.2 Å². The van der Waals surface area contributed by atoms with Gasteiger partial charge in [-0.25, -0.2) is 0 Å². The summed E-state index contributed by atoms with van der Waals surface area (Å²) in [7, 11) is 3.17. The Morgan fingerprint density at radius 1 is 1.56 bits per heavy atom. The molecule has 0 aromatic heterocycles. The number of nitrogens with zero attached hydrogens (tertiary/aromatic N) is 1. The third-order valence-electron chi connectivity index (χ3n) is 3.39. The summed E-state index contributed by atoms with van der Waals surface area (Å²) in [6.45, 7) is 1.54. The molecule has 0 radical (unpaired) electrons. The van der Waals surface area contributed by atoms with Gasteiger partial charge in [-0.3, -0.25) is 9.59 Å². The Hall–Kier alpha value is -1.14. The predicted octanol–water partition coefficient (Wildman–Crippen LogP) is -0.665. The number of methoxy groups -OCH3 is 1. The summed E-state index contributed by atoms with van der Waals surface area (Å²) in [5.74, 6) is -0.0675. The maximum atomic E-state index is 12.0. The fraction of sp³-hybridized carbons (Fsp3) is 0.833. The zero-order valence-electron chi connectivity index (χ0n) is 11.1. The van der Waals surface area contributed by atoms with Gasteiger partial charge in [0, 0.05) is 33.8 Å². The first-order valence-electron chi connectivity index (χ1n) is 6.34. The monoisotopic (exact) mass is 257 g/mol. The van der Waals surface area contributed by atoms with Crippen LogP contribution in [0, 0.1) is 5.92 Å². The second kappa shape index (κ2) is 7.33. The molecule has 3 N–H and O–H groups in total. The van der Waals surface area contributed by atoms with Crippen molar-refractivity contribution in [2.45, 2.75) is 25.4 Å². The van der Waals surface area contributed by atoms with Gasteiger partial charge in [-0.1, -0.05) is 0 Å². The van der Waals surface area contributed by atoms with Crippen LogP contribution in [0.25, 0.3) is 0 Å². The van der Waals surface area contributed by atoms with E-state index < -0.39 is 0 Å². The quantitative estimate of drug-likeness (QED) is 0.684. The molecule has 6 nitrogen and oxygen atoms in total. The SMILES string of the molecule is CNC(=O)C1CCCN(C(=O)CC(CN)OC)C1. The number of nitrogens with two attached hydrogens (primary N) is 1. The molecule has 0 aromatic rings. The van der Waals surface area contributed by atoms with Gasteiger partial charge >= 0.3 is 0 Å². The van der Waals surface area contributed by atoms with E-state index in [4.69, 9.17) is 10.5 Å². The summed E-state index contributed by atoms with van der Waals surface area (Å²) >= 11 is 0. The lowest BCUT2D eigenvalue weighted by Gasteiger charge is -2.32. The maximum absolute atomic E-state index is 12.0. The first kappa shape index (κ1) is 14.9. The van der Waals surface area contributed by atoms with Crippen LogP contribution in [0.4, 0.5) is 0 Å². The van der Waals surface area contributed by atoms with Crippen LogP contribution >= 0.6 is 0 Å². The average molecular weight is 257 g/mol. The smallest absolute Gasteiger partial charge is 0.225 e. The summed E-state index contributed by atoms with van der Waals surface area (Å²) in [5.41, 5.74) is 5.50. The van der Waals surface area contributed by atoms with Crippen LogP contribution in [0.5, 0.6) is 0 Å². The molecule has 1 aliphatic rings. The second-order valence-electron chi connectivity index (χ2n) is 4.59. The van der Waals surface area contributed by atoms with Gasteiger partial charge in [-0.05, 0) is 12.8 Å². The molecule has 1 saturated heterocycles. The Balaban J connectivity index is 2.50. The number of carbonyl (C=O) groups excluding carboxylic acids is 2. The number of carbonyl (C=O) groups is 2. The number of hydrogen-bond donors (Lipinski definition) is 2. The molecule has 2 amide bonds. The number of likely N-dealkylation sites (tertiary alicyclic amines) is 1. The summed E-state index contributed by atoms with van der Waals surface area (Å²) in [5, 5.41) is 2.64. The fourth-order valence-corrected chi connectivity index (χ4v) is 2.21. The second-order valence-corrected chi connectivity index (χ2v) is 4.59. The third-order valence-corrected chi connectivity index (χ3v) is 3.39. The molecule has 0 aliphatic carbocycles. The minimum absolute atomic E-state index is 0.00890. The molecular weight excluding hydrogens is 234 g/mol.